The number of para-hydroxylation sites is 1. The van der Waals surface area contributed by atoms with Crippen molar-refractivity contribution in [2.75, 3.05) is 31.0 Å². The number of esters is 1. The van der Waals surface area contributed by atoms with Crippen molar-refractivity contribution in [2.24, 2.45) is 5.92 Å². The predicted octanol–water partition coefficient (Wildman–Crippen LogP) is 8.46. The van der Waals surface area contributed by atoms with E-state index in [2.05, 4.69) is 64.9 Å². The molecule has 45 heavy (non-hydrogen) atoms. The van der Waals surface area contributed by atoms with Gasteiger partial charge in [-0.3, -0.25) is 0 Å². The molecule has 1 heterocycles. The van der Waals surface area contributed by atoms with Crippen LogP contribution < -0.4 is 15.0 Å². The van der Waals surface area contributed by atoms with Gasteiger partial charge in [0.1, 0.15) is 11.6 Å². The molecule has 8 heteroatoms. The second-order valence-electron chi connectivity index (χ2n) is 10.6. The highest BCUT2D eigenvalue weighted by Crippen LogP contribution is 2.35. The normalized spacial score (nSPS) is 13.9. The van der Waals surface area contributed by atoms with Gasteiger partial charge in [0.2, 0.25) is 5.95 Å². The molecule has 6 rings (SSSR count). The third-order valence-electron chi connectivity index (χ3n) is 7.63. The topological polar surface area (TPSA) is 76.6 Å². The monoisotopic (exact) mass is 614 g/mol. The lowest BCUT2D eigenvalue weighted by atomic mass is 9.99. The standard InChI is InChI=1S/C37H34N4O3S/c1-43-29-22-20-28(21-23-29)41(25-26-12-4-3-5-13-26)35-30-15-7-9-17-32(30)39-37(40-35)38-24-27-14-6-10-18-33(27)45-34-19-11-8-16-31(34)36(42)44-2/h3-12,14-23,26H,13,24-25H2,1-2H3,(H,38,39,40). The van der Waals surface area contributed by atoms with Crippen molar-refractivity contribution in [3.05, 3.63) is 132 Å². The van der Waals surface area contributed by atoms with Gasteiger partial charge in [-0.15, -0.1) is 0 Å². The van der Waals surface area contributed by atoms with Gasteiger partial charge < -0.3 is 19.7 Å². The van der Waals surface area contributed by atoms with Gasteiger partial charge in [-0.25, -0.2) is 9.78 Å². The van der Waals surface area contributed by atoms with Gasteiger partial charge in [-0.2, -0.15) is 4.98 Å². The minimum absolute atomic E-state index is 0.332. The van der Waals surface area contributed by atoms with Crippen LogP contribution >= 0.6 is 11.8 Å². The number of rotatable bonds is 11. The van der Waals surface area contributed by atoms with Crippen LogP contribution in [0.15, 0.2) is 131 Å². The predicted molar refractivity (Wildman–Crippen MR) is 182 cm³/mol. The maximum absolute atomic E-state index is 12.4. The quantitative estimate of drug-likeness (QED) is 0.149. The van der Waals surface area contributed by atoms with Crippen molar-refractivity contribution in [1.29, 1.82) is 0 Å². The van der Waals surface area contributed by atoms with Crippen LogP contribution in [0, 0.1) is 5.92 Å². The van der Waals surface area contributed by atoms with Crippen molar-refractivity contribution >= 4 is 46.1 Å². The molecule has 0 amide bonds. The van der Waals surface area contributed by atoms with E-state index in [0.717, 1.165) is 56.5 Å². The molecule has 7 nitrogen and oxygen atoms in total. The number of aromatic nitrogens is 2. The minimum atomic E-state index is -0.355. The van der Waals surface area contributed by atoms with Crippen LogP contribution in [-0.2, 0) is 11.3 Å². The van der Waals surface area contributed by atoms with Gasteiger partial charge in [-0.1, -0.05) is 78.5 Å². The summed E-state index contributed by atoms with van der Waals surface area (Å²) in [5.41, 5.74) is 3.49. The number of allylic oxidation sites excluding steroid dienone is 3. The molecule has 1 atom stereocenters. The Kier molecular flexibility index (Phi) is 9.41. The van der Waals surface area contributed by atoms with E-state index in [4.69, 9.17) is 19.4 Å². The maximum Gasteiger partial charge on any atom is 0.339 e. The van der Waals surface area contributed by atoms with Crippen molar-refractivity contribution in [2.45, 2.75) is 22.8 Å². The molecular weight excluding hydrogens is 580 g/mol. The lowest BCUT2D eigenvalue weighted by Crippen LogP contribution is -2.26. The van der Waals surface area contributed by atoms with Gasteiger partial charge in [-0.05, 0) is 72.5 Å². The molecule has 5 aromatic rings. The summed E-state index contributed by atoms with van der Waals surface area (Å²) >= 11 is 1.54. The summed E-state index contributed by atoms with van der Waals surface area (Å²) in [7, 11) is 3.08. The van der Waals surface area contributed by atoms with E-state index in [0.29, 0.717) is 24.0 Å². The highest BCUT2D eigenvalue weighted by atomic mass is 32.2. The average Bonchev–Trinajstić information content (AvgIpc) is 3.10. The number of benzene rings is 4. The number of hydrogen-bond donors (Lipinski definition) is 1. The van der Waals surface area contributed by atoms with E-state index in [1.165, 1.54) is 18.9 Å². The zero-order chi connectivity index (χ0) is 31.0. The molecule has 0 fully saturated rings. The Morgan fingerprint density at radius 3 is 2.42 bits per heavy atom. The first kappa shape index (κ1) is 30.0. The summed E-state index contributed by atoms with van der Waals surface area (Å²) in [5.74, 6) is 2.16. The van der Waals surface area contributed by atoms with E-state index in [9.17, 15) is 4.79 Å². The number of nitrogens with zero attached hydrogens (tertiary/aromatic N) is 3. The molecule has 0 spiro atoms. The van der Waals surface area contributed by atoms with Crippen LogP contribution in [-0.4, -0.2) is 36.7 Å². The summed E-state index contributed by atoms with van der Waals surface area (Å²) in [5, 5.41) is 4.47. The number of methoxy groups -OCH3 is 2. The van der Waals surface area contributed by atoms with Crippen molar-refractivity contribution in [1.82, 2.24) is 9.97 Å². The first-order valence-electron chi connectivity index (χ1n) is 14.8. The molecule has 0 bridgehead atoms. The van der Waals surface area contributed by atoms with Crippen LogP contribution in [0.1, 0.15) is 22.3 Å². The largest absolute Gasteiger partial charge is 0.497 e. The lowest BCUT2D eigenvalue weighted by molar-refractivity contribution is 0.0597. The van der Waals surface area contributed by atoms with E-state index >= 15 is 0 Å². The van der Waals surface area contributed by atoms with E-state index in [-0.39, 0.29) is 5.97 Å². The fourth-order valence-electron chi connectivity index (χ4n) is 5.30. The fourth-order valence-corrected chi connectivity index (χ4v) is 6.36. The van der Waals surface area contributed by atoms with Crippen LogP contribution in [0.2, 0.25) is 0 Å². The molecule has 1 aromatic heterocycles. The molecule has 0 saturated heterocycles. The number of carbonyl (C=O) groups is 1. The first-order valence-corrected chi connectivity index (χ1v) is 15.6. The third kappa shape index (κ3) is 7.02. The Bertz CT molecular complexity index is 1860. The number of nitrogens with one attached hydrogen (secondary N) is 1. The number of anilines is 3. The second kappa shape index (κ2) is 14.1. The molecule has 226 valence electrons. The minimum Gasteiger partial charge on any atom is -0.497 e. The number of hydrogen-bond acceptors (Lipinski definition) is 8. The van der Waals surface area contributed by atoms with E-state index < -0.39 is 0 Å². The molecule has 4 aromatic carbocycles. The Labute approximate surface area is 267 Å². The summed E-state index contributed by atoms with van der Waals surface area (Å²) in [6.45, 7) is 1.26. The molecule has 0 aliphatic heterocycles. The van der Waals surface area contributed by atoms with Crippen molar-refractivity contribution in [3.8, 4) is 5.75 Å². The summed E-state index contributed by atoms with van der Waals surface area (Å²) < 4.78 is 10.4. The average molecular weight is 615 g/mol. The fraction of sp³-hybridized carbons (Fsp3) is 0.162. The van der Waals surface area contributed by atoms with Crippen molar-refractivity contribution in [3.63, 3.8) is 0 Å². The Balaban J connectivity index is 1.33. The zero-order valence-corrected chi connectivity index (χ0v) is 26.0. The molecular formula is C37H34N4O3S. The molecule has 1 aliphatic rings. The van der Waals surface area contributed by atoms with E-state index in [1.807, 2.05) is 60.7 Å². The molecule has 0 saturated carbocycles. The smallest absolute Gasteiger partial charge is 0.339 e. The number of carbonyl (C=O) groups excluding carboxylic acids is 1. The lowest BCUT2D eigenvalue weighted by Gasteiger charge is -2.29. The molecule has 1 aliphatic carbocycles. The number of fused-ring (bicyclic) bond motifs is 1. The van der Waals surface area contributed by atoms with Gasteiger partial charge in [0.05, 0.1) is 25.3 Å². The van der Waals surface area contributed by atoms with Gasteiger partial charge in [0, 0.05) is 34.0 Å². The SMILES string of the molecule is COC(=O)c1ccccc1Sc1ccccc1CNc1nc(N(CC2C=CC=CC2)c2ccc(OC)cc2)c2ccccc2n1. The molecule has 1 unspecified atom stereocenters. The summed E-state index contributed by atoms with van der Waals surface area (Å²) in [6, 6.07) is 31.9. The number of ether oxygens (including phenoxy) is 2. The Morgan fingerprint density at radius 2 is 1.64 bits per heavy atom. The third-order valence-corrected chi connectivity index (χ3v) is 8.83. The maximum atomic E-state index is 12.4. The second-order valence-corrected chi connectivity index (χ2v) is 11.6. The summed E-state index contributed by atoms with van der Waals surface area (Å²) in [4.78, 5) is 26.6. The van der Waals surface area contributed by atoms with Crippen molar-refractivity contribution < 1.29 is 14.3 Å². The highest BCUT2D eigenvalue weighted by molar-refractivity contribution is 7.99. The summed E-state index contributed by atoms with van der Waals surface area (Å²) in [6.07, 6.45) is 9.64. The van der Waals surface area contributed by atoms with Gasteiger partial charge in [0.15, 0.2) is 0 Å². The first-order chi connectivity index (χ1) is 22.1. The van der Waals surface area contributed by atoms with Gasteiger partial charge >= 0.3 is 5.97 Å². The van der Waals surface area contributed by atoms with Crippen LogP contribution in [0.4, 0.5) is 17.5 Å². The highest BCUT2D eigenvalue weighted by Gasteiger charge is 2.21. The Morgan fingerprint density at radius 1 is 0.889 bits per heavy atom. The van der Waals surface area contributed by atoms with Crippen LogP contribution in [0.5, 0.6) is 5.75 Å². The molecule has 0 radical (unpaired) electrons. The van der Waals surface area contributed by atoms with Crippen LogP contribution in [0.25, 0.3) is 10.9 Å². The van der Waals surface area contributed by atoms with E-state index in [1.54, 1.807) is 13.2 Å². The van der Waals surface area contributed by atoms with Gasteiger partial charge in [0.25, 0.3) is 0 Å². The Hall–Kier alpha value is -5.08. The molecule has 1 N–H and O–H groups in total. The zero-order valence-electron chi connectivity index (χ0n) is 25.2. The van der Waals surface area contributed by atoms with Crippen LogP contribution in [0.3, 0.4) is 0 Å².